The number of aliphatic hydroxyl groups is 1. The summed E-state index contributed by atoms with van der Waals surface area (Å²) in [7, 11) is 4.35. The Balaban J connectivity index is 1.46. The van der Waals surface area contributed by atoms with Gasteiger partial charge in [-0.1, -0.05) is 61.7 Å². The van der Waals surface area contributed by atoms with E-state index in [4.69, 9.17) is 4.74 Å². The summed E-state index contributed by atoms with van der Waals surface area (Å²) in [5, 5.41) is 11.7. The number of likely N-dealkylation sites (tertiary alicyclic amines) is 1. The number of hydrogen-bond donors (Lipinski definition) is 1. The van der Waals surface area contributed by atoms with Crippen LogP contribution in [0.5, 0.6) is 5.75 Å². The fraction of sp³-hybridized carbons (Fsp3) is 0.556. The van der Waals surface area contributed by atoms with Crippen LogP contribution in [0.15, 0.2) is 54.6 Å². The third-order valence-corrected chi connectivity index (χ3v) is 7.32. The molecule has 0 amide bonds. The molecule has 31 heavy (non-hydrogen) atoms. The summed E-state index contributed by atoms with van der Waals surface area (Å²) >= 11 is 0. The second-order valence-electron chi connectivity index (χ2n) is 9.73. The topological polar surface area (TPSA) is 35.9 Å². The quantitative estimate of drug-likeness (QED) is 0.670. The molecule has 1 unspecified atom stereocenters. The average molecular weight is 423 g/mol. The minimum Gasteiger partial charge on any atom is -0.489 e. The van der Waals surface area contributed by atoms with Crippen molar-refractivity contribution in [1.29, 1.82) is 0 Å². The summed E-state index contributed by atoms with van der Waals surface area (Å²) in [6, 6.07) is 19.4. The Morgan fingerprint density at radius 1 is 1.03 bits per heavy atom. The smallest absolute Gasteiger partial charge is 0.119 e. The predicted molar refractivity (Wildman–Crippen MR) is 127 cm³/mol. The molecule has 4 rings (SSSR count). The van der Waals surface area contributed by atoms with Crippen LogP contribution in [0.2, 0.25) is 0 Å². The minimum absolute atomic E-state index is 0.150. The zero-order valence-electron chi connectivity index (χ0n) is 19.2. The SMILES string of the molecule is CN(C)[C@H]1CCN(CC(c2ccc(OCc3ccccc3)cc2)C2(O)CCCCC2)C1. The first-order valence-corrected chi connectivity index (χ1v) is 11.9. The van der Waals surface area contributed by atoms with Crippen molar-refractivity contribution < 1.29 is 9.84 Å². The lowest BCUT2D eigenvalue weighted by molar-refractivity contribution is -0.0297. The molecule has 4 heteroatoms. The first-order valence-electron chi connectivity index (χ1n) is 11.9. The molecule has 0 bridgehead atoms. The van der Waals surface area contributed by atoms with E-state index in [-0.39, 0.29) is 5.92 Å². The van der Waals surface area contributed by atoms with Crippen molar-refractivity contribution in [3.63, 3.8) is 0 Å². The van der Waals surface area contributed by atoms with Crippen molar-refractivity contribution in [2.45, 2.75) is 62.7 Å². The van der Waals surface area contributed by atoms with Crippen molar-refractivity contribution in [3.8, 4) is 5.75 Å². The standard InChI is InChI=1S/C27H38N2O2/c1-28(2)24-15-18-29(19-24)20-26(27(30)16-7-4-8-17-27)23-11-13-25(14-12-23)31-21-22-9-5-3-6-10-22/h3,5-6,9-14,24,26,30H,4,7-8,15-21H2,1-2H3/t24-,26?/m0/s1. The van der Waals surface area contributed by atoms with E-state index in [0.29, 0.717) is 12.6 Å². The molecule has 1 saturated heterocycles. The highest BCUT2D eigenvalue weighted by Crippen LogP contribution is 2.41. The van der Waals surface area contributed by atoms with Gasteiger partial charge in [0.25, 0.3) is 0 Å². The normalized spacial score (nSPS) is 22.5. The van der Waals surface area contributed by atoms with Crippen LogP contribution in [0.1, 0.15) is 55.6 Å². The Hall–Kier alpha value is -1.88. The molecule has 2 aromatic carbocycles. The van der Waals surface area contributed by atoms with Gasteiger partial charge in [-0.05, 0) is 63.2 Å². The van der Waals surface area contributed by atoms with Gasteiger partial charge in [0.1, 0.15) is 12.4 Å². The molecular formula is C27H38N2O2. The largest absolute Gasteiger partial charge is 0.489 e. The maximum Gasteiger partial charge on any atom is 0.119 e. The monoisotopic (exact) mass is 422 g/mol. The lowest BCUT2D eigenvalue weighted by Crippen LogP contribution is -2.44. The summed E-state index contributed by atoms with van der Waals surface area (Å²) in [5.41, 5.74) is 1.82. The second kappa shape index (κ2) is 10.2. The van der Waals surface area contributed by atoms with Crippen LogP contribution in [0.25, 0.3) is 0 Å². The molecule has 1 saturated carbocycles. The fourth-order valence-corrected chi connectivity index (χ4v) is 5.29. The molecule has 1 aliphatic carbocycles. The van der Waals surface area contributed by atoms with Crippen molar-refractivity contribution in [1.82, 2.24) is 9.80 Å². The Kier molecular flexibility index (Phi) is 7.31. The highest BCUT2D eigenvalue weighted by molar-refractivity contribution is 5.32. The van der Waals surface area contributed by atoms with Gasteiger partial charge in [0.15, 0.2) is 0 Å². The van der Waals surface area contributed by atoms with Crippen LogP contribution in [0.3, 0.4) is 0 Å². The summed E-state index contributed by atoms with van der Waals surface area (Å²) in [5.74, 6) is 1.03. The molecule has 1 N–H and O–H groups in total. The summed E-state index contributed by atoms with van der Waals surface area (Å²) in [6.45, 7) is 3.73. The average Bonchev–Trinajstić information content (AvgIpc) is 3.27. The molecule has 0 aromatic heterocycles. The molecule has 1 aliphatic heterocycles. The van der Waals surface area contributed by atoms with Crippen LogP contribution in [-0.4, -0.2) is 60.3 Å². The Labute approximate surface area is 187 Å². The molecule has 2 aliphatic rings. The third-order valence-electron chi connectivity index (χ3n) is 7.32. The third kappa shape index (κ3) is 5.68. The summed E-state index contributed by atoms with van der Waals surface area (Å²) < 4.78 is 5.99. The summed E-state index contributed by atoms with van der Waals surface area (Å²) in [6.07, 6.45) is 6.54. The molecule has 2 aromatic rings. The highest BCUT2D eigenvalue weighted by Gasteiger charge is 2.40. The number of nitrogens with zero attached hydrogens (tertiary/aromatic N) is 2. The van der Waals surface area contributed by atoms with E-state index in [0.717, 1.165) is 51.1 Å². The maximum atomic E-state index is 11.7. The van der Waals surface area contributed by atoms with E-state index in [9.17, 15) is 5.11 Å². The van der Waals surface area contributed by atoms with Crippen molar-refractivity contribution in [3.05, 3.63) is 65.7 Å². The molecule has 2 fully saturated rings. The molecule has 168 valence electrons. The van der Waals surface area contributed by atoms with E-state index in [1.165, 1.54) is 24.0 Å². The van der Waals surface area contributed by atoms with Gasteiger partial charge in [0.05, 0.1) is 5.60 Å². The maximum absolute atomic E-state index is 11.7. The number of ether oxygens (including phenoxy) is 1. The van der Waals surface area contributed by atoms with Gasteiger partial charge in [-0.15, -0.1) is 0 Å². The van der Waals surface area contributed by atoms with Gasteiger partial charge in [-0.3, -0.25) is 0 Å². The van der Waals surface area contributed by atoms with Crippen LogP contribution < -0.4 is 4.74 Å². The fourth-order valence-electron chi connectivity index (χ4n) is 5.29. The van der Waals surface area contributed by atoms with Crippen LogP contribution in [-0.2, 0) is 6.61 Å². The van der Waals surface area contributed by atoms with Gasteiger partial charge in [-0.2, -0.15) is 0 Å². The van der Waals surface area contributed by atoms with Gasteiger partial charge in [0.2, 0.25) is 0 Å². The van der Waals surface area contributed by atoms with Crippen molar-refractivity contribution in [2.24, 2.45) is 0 Å². The van der Waals surface area contributed by atoms with Crippen LogP contribution >= 0.6 is 0 Å². The van der Waals surface area contributed by atoms with Gasteiger partial charge < -0.3 is 19.6 Å². The number of rotatable bonds is 8. The Morgan fingerprint density at radius 2 is 1.74 bits per heavy atom. The molecule has 0 spiro atoms. The Bertz CT molecular complexity index is 800. The predicted octanol–water partition coefficient (Wildman–Crippen LogP) is 4.68. The lowest BCUT2D eigenvalue weighted by atomic mass is 9.72. The zero-order chi connectivity index (χ0) is 21.7. The van der Waals surface area contributed by atoms with E-state index in [1.54, 1.807) is 0 Å². The summed E-state index contributed by atoms with van der Waals surface area (Å²) in [4.78, 5) is 4.89. The van der Waals surface area contributed by atoms with Crippen LogP contribution in [0, 0.1) is 0 Å². The van der Waals surface area contributed by atoms with Crippen molar-refractivity contribution in [2.75, 3.05) is 33.7 Å². The van der Waals surface area contributed by atoms with Gasteiger partial charge in [-0.25, -0.2) is 0 Å². The first kappa shape index (κ1) is 22.3. The van der Waals surface area contributed by atoms with Gasteiger partial charge in [0, 0.05) is 25.0 Å². The molecule has 4 nitrogen and oxygen atoms in total. The molecule has 2 atom stereocenters. The van der Waals surface area contributed by atoms with Crippen LogP contribution in [0.4, 0.5) is 0 Å². The van der Waals surface area contributed by atoms with E-state index in [2.05, 4.69) is 60.3 Å². The van der Waals surface area contributed by atoms with E-state index >= 15 is 0 Å². The van der Waals surface area contributed by atoms with Crippen molar-refractivity contribution >= 4 is 0 Å². The number of hydrogen-bond acceptors (Lipinski definition) is 4. The zero-order valence-corrected chi connectivity index (χ0v) is 19.2. The molecule has 1 heterocycles. The minimum atomic E-state index is -0.596. The number of benzene rings is 2. The molecular weight excluding hydrogens is 384 g/mol. The highest BCUT2D eigenvalue weighted by atomic mass is 16.5. The number of likely N-dealkylation sites (N-methyl/N-ethyl adjacent to an activating group) is 1. The van der Waals surface area contributed by atoms with E-state index < -0.39 is 5.60 Å². The van der Waals surface area contributed by atoms with Gasteiger partial charge >= 0.3 is 0 Å². The second-order valence-corrected chi connectivity index (χ2v) is 9.73. The first-order chi connectivity index (χ1) is 15.0. The van der Waals surface area contributed by atoms with E-state index in [1.807, 2.05) is 18.2 Å². The molecule has 0 radical (unpaired) electrons. The Morgan fingerprint density at radius 3 is 2.39 bits per heavy atom. The lowest BCUT2D eigenvalue weighted by Gasteiger charge is -2.41.